The lowest BCUT2D eigenvalue weighted by Crippen LogP contribution is -2.07. The number of nitrogens with two attached hydrogens (primary N) is 1. The van der Waals surface area contributed by atoms with Crippen LogP contribution in [0.4, 0.5) is 0 Å². The van der Waals surface area contributed by atoms with Gasteiger partial charge < -0.3 is 15.9 Å². The normalized spacial score (nSPS) is 10.5. The van der Waals surface area contributed by atoms with Crippen molar-refractivity contribution >= 4 is 18.0 Å². The zero-order valence-corrected chi connectivity index (χ0v) is 8.38. The fraction of sp³-hybridized carbons (Fsp3) is 0.0909. The molecule has 84 valence electrons. The van der Waals surface area contributed by atoms with Crippen molar-refractivity contribution in [1.29, 1.82) is 0 Å². The molecule has 0 aromatic heterocycles. The van der Waals surface area contributed by atoms with Gasteiger partial charge in [0, 0.05) is 12.0 Å². The van der Waals surface area contributed by atoms with Gasteiger partial charge in [-0.05, 0) is 18.2 Å². The number of carbonyl (C=O) groups is 2. The molecule has 1 amide bonds. The number of carboxylic acid groups (broad SMARTS) is 1. The monoisotopic (exact) mass is 221 g/mol. The summed E-state index contributed by atoms with van der Waals surface area (Å²) < 4.78 is 0. The van der Waals surface area contributed by atoms with E-state index in [2.05, 4.69) is 0 Å². The first-order chi connectivity index (χ1) is 7.50. The average Bonchev–Trinajstić information content (AvgIpc) is 2.20. The first-order valence-corrected chi connectivity index (χ1v) is 4.52. The van der Waals surface area contributed by atoms with Gasteiger partial charge >= 0.3 is 5.97 Å². The van der Waals surface area contributed by atoms with Crippen LogP contribution in [-0.2, 0) is 4.79 Å². The lowest BCUT2D eigenvalue weighted by atomic mass is 10.1. The second kappa shape index (κ2) is 4.97. The average molecular weight is 221 g/mol. The van der Waals surface area contributed by atoms with E-state index in [1.807, 2.05) is 0 Å². The maximum absolute atomic E-state index is 10.7. The van der Waals surface area contributed by atoms with E-state index in [0.717, 1.165) is 0 Å². The van der Waals surface area contributed by atoms with Crippen molar-refractivity contribution in [3.8, 4) is 5.75 Å². The molecular formula is C11H11NO4. The van der Waals surface area contributed by atoms with Crippen LogP contribution < -0.4 is 5.73 Å². The molecule has 0 atom stereocenters. The number of phenols is 1. The van der Waals surface area contributed by atoms with Crippen molar-refractivity contribution in [3.05, 3.63) is 35.4 Å². The molecule has 1 aromatic carbocycles. The summed E-state index contributed by atoms with van der Waals surface area (Å²) in [5.41, 5.74) is 5.33. The molecule has 0 radical (unpaired) electrons. The van der Waals surface area contributed by atoms with E-state index < -0.39 is 11.9 Å². The van der Waals surface area contributed by atoms with Crippen LogP contribution in [0.5, 0.6) is 5.75 Å². The van der Waals surface area contributed by atoms with Crippen LogP contribution in [-0.4, -0.2) is 22.1 Å². The largest absolute Gasteiger partial charge is 0.507 e. The van der Waals surface area contributed by atoms with Gasteiger partial charge in [-0.15, -0.1) is 0 Å². The van der Waals surface area contributed by atoms with Gasteiger partial charge in [-0.25, -0.2) is 4.79 Å². The van der Waals surface area contributed by atoms with Crippen LogP contribution >= 0.6 is 0 Å². The zero-order chi connectivity index (χ0) is 12.1. The van der Waals surface area contributed by atoms with Gasteiger partial charge in [0.2, 0.25) is 5.91 Å². The van der Waals surface area contributed by atoms with Gasteiger partial charge in [-0.1, -0.05) is 12.2 Å². The molecule has 1 aromatic rings. The number of phenolic OH excluding ortho intramolecular Hbond substituents is 1. The molecule has 0 fully saturated rings. The van der Waals surface area contributed by atoms with Crippen LogP contribution in [0.15, 0.2) is 24.3 Å². The second-order valence-corrected chi connectivity index (χ2v) is 3.15. The molecule has 5 heteroatoms. The Kier molecular flexibility index (Phi) is 3.66. The lowest BCUT2D eigenvalue weighted by Gasteiger charge is -2.00. The van der Waals surface area contributed by atoms with E-state index in [-0.39, 0.29) is 17.7 Å². The molecule has 0 aliphatic heterocycles. The summed E-state index contributed by atoms with van der Waals surface area (Å²) in [5.74, 6) is -1.62. The molecule has 0 saturated carbocycles. The third-order valence-corrected chi connectivity index (χ3v) is 1.89. The Labute approximate surface area is 91.8 Å². The molecule has 0 aliphatic carbocycles. The third kappa shape index (κ3) is 3.13. The molecule has 0 saturated heterocycles. The van der Waals surface area contributed by atoms with E-state index >= 15 is 0 Å². The summed E-state index contributed by atoms with van der Waals surface area (Å²) in [6, 6.07) is 3.89. The molecular weight excluding hydrogens is 210 g/mol. The van der Waals surface area contributed by atoms with Crippen molar-refractivity contribution in [2.75, 3.05) is 0 Å². The Morgan fingerprint density at radius 1 is 1.38 bits per heavy atom. The van der Waals surface area contributed by atoms with E-state index in [9.17, 15) is 14.7 Å². The number of aromatic hydroxyl groups is 1. The minimum absolute atomic E-state index is 0.0384. The molecule has 5 nitrogen and oxygen atoms in total. The number of amides is 1. The first-order valence-electron chi connectivity index (χ1n) is 4.52. The fourth-order valence-corrected chi connectivity index (χ4v) is 1.12. The summed E-state index contributed by atoms with van der Waals surface area (Å²) >= 11 is 0. The number of rotatable bonds is 4. The van der Waals surface area contributed by atoms with Gasteiger partial charge in [0.1, 0.15) is 5.75 Å². The Balaban J connectivity index is 2.94. The van der Waals surface area contributed by atoms with Crippen molar-refractivity contribution in [2.45, 2.75) is 6.42 Å². The summed E-state index contributed by atoms with van der Waals surface area (Å²) in [7, 11) is 0. The number of primary amides is 1. The molecule has 0 heterocycles. The van der Waals surface area contributed by atoms with Gasteiger partial charge in [0.25, 0.3) is 0 Å². The van der Waals surface area contributed by atoms with E-state index in [1.165, 1.54) is 30.4 Å². The maximum Gasteiger partial charge on any atom is 0.335 e. The highest BCUT2D eigenvalue weighted by Crippen LogP contribution is 2.20. The number of carboxylic acids is 1. The Morgan fingerprint density at radius 2 is 2.06 bits per heavy atom. The minimum atomic E-state index is -1.08. The molecule has 0 aliphatic rings. The molecule has 4 N–H and O–H groups in total. The molecule has 0 spiro atoms. The Hall–Kier alpha value is -2.30. The Bertz CT molecular complexity index is 451. The first kappa shape index (κ1) is 11.8. The van der Waals surface area contributed by atoms with E-state index in [1.54, 1.807) is 0 Å². The molecule has 0 unspecified atom stereocenters. The number of aromatic carboxylic acids is 1. The van der Waals surface area contributed by atoms with Crippen LogP contribution in [0.1, 0.15) is 22.3 Å². The smallest absolute Gasteiger partial charge is 0.335 e. The predicted molar refractivity (Wildman–Crippen MR) is 57.9 cm³/mol. The highest BCUT2D eigenvalue weighted by atomic mass is 16.4. The van der Waals surface area contributed by atoms with Crippen LogP contribution in [0, 0.1) is 0 Å². The van der Waals surface area contributed by atoms with Crippen molar-refractivity contribution < 1.29 is 19.8 Å². The summed E-state index contributed by atoms with van der Waals surface area (Å²) in [5, 5.41) is 18.2. The highest BCUT2D eigenvalue weighted by Gasteiger charge is 2.05. The standard InChI is InChI=1S/C11H11NO4/c12-10(14)3-1-2-7-6-8(11(15)16)4-5-9(7)13/h1-2,4-6,13H,3H2,(H2,12,14)(H,15,16). The lowest BCUT2D eigenvalue weighted by molar-refractivity contribution is -0.117. The van der Waals surface area contributed by atoms with Crippen LogP contribution in [0.2, 0.25) is 0 Å². The number of hydrogen-bond acceptors (Lipinski definition) is 3. The number of carbonyl (C=O) groups excluding carboxylic acids is 1. The third-order valence-electron chi connectivity index (χ3n) is 1.89. The maximum atomic E-state index is 10.7. The van der Waals surface area contributed by atoms with Crippen molar-refractivity contribution in [2.24, 2.45) is 5.73 Å². The number of benzene rings is 1. The van der Waals surface area contributed by atoms with Crippen molar-refractivity contribution in [3.63, 3.8) is 0 Å². The van der Waals surface area contributed by atoms with Gasteiger partial charge in [-0.3, -0.25) is 4.79 Å². The quantitative estimate of drug-likeness (QED) is 0.705. The zero-order valence-electron chi connectivity index (χ0n) is 8.38. The summed E-state index contributed by atoms with van der Waals surface area (Å²) in [4.78, 5) is 21.1. The minimum Gasteiger partial charge on any atom is -0.507 e. The summed E-state index contributed by atoms with van der Waals surface area (Å²) in [6.07, 6.45) is 2.95. The molecule has 0 bridgehead atoms. The van der Waals surface area contributed by atoms with E-state index in [0.29, 0.717) is 5.56 Å². The predicted octanol–water partition coefficient (Wildman–Crippen LogP) is 0.979. The van der Waals surface area contributed by atoms with Gasteiger partial charge in [0.15, 0.2) is 0 Å². The van der Waals surface area contributed by atoms with Crippen LogP contribution in [0.3, 0.4) is 0 Å². The topological polar surface area (TPSA) is 101 Å². The summed E-state index contributed by atoms with van der Waals surface area (Å²) in [6.45, 7) is 0. The second-order valence-electron chi connectivity index (χ2n) is 3.15. The van der Waals surface area contributed by atoms with E-state index in [4.69, 9.17) is 10.8 Å². The number of hydrogen-bond donors (Lipinski definition) is 3. The fourth-order valence-electron chi connectivity index (χ4n) is 1.12. The Morgan fingerprint density at radius 3 is 2.62 bits per heavy atom. The van der Waals surface area contributed by atoms with Gasteiger partial charge in [-0.2, -0.15) is 0 Å². The molecule has 16 heavy (non-hydrogen) atoms. The highest BCUT2D eigenvalue weighted by molar-refractivity contribution is 5.89. The molecule has 1 rings (SSSR count). The van der Waals surface area contributed by atoms with Crippen LogP contribution in [0.25, 0.3) is 6.08 Å². The SMILES string of the molecule is NC(=O)CC=Cc1cc(C(=O)O)ccc1O. The van der Waals surface area contributed by atoms with Crippen molar-refractivity contribution in [1.82, 2.24) is 0 Å². The van der Waals surface area contributed by atoms with Gasteiger partial charge in [0.05, 0.1) is 5.56 Å².